The second-order valence-corrected chi connectivity index (χ2v) is 12.7. The monoisotopic (exact) mass is 521 g/mol. The summed E-state index contributed by atoms with van der Waals surface area (Å²) in [5.41, 5.74) is 5.09. The molecule has 0 amide bonds. The number of hydrogen-bond donors (Lipinski definition) is 1. The molecule has 5 heteroatoms. The predicted octanol–water partition coefficient (Wildman–Crippen LogP) is 7.49. The molecule has 2 aromatic heterocycles. The lowest BCUT2D eigenvalue weighted by atomic mass is 9.33. The highest BCUT2D eigenvalue weighted by Gasteiger charge is 2.61. The number of para-hydroxylation sites is 1. The second kappa shape index (κ2) is 8.26. The van der Waals surface area contributed by atoms with Crippen molar-refractivity contribution in [1.29, 1.82) is 0 Å². The van der Waals surface area contributed by atoms with E-state index in [2.05, 4.69) is 88.5 Å². The zero-order chi connectivity index (χ0) is 26.4. The van der Waals surface area contributed by atoms with E-state index in [1.807, 2.05) is 18.3 Å². The van der Waals surface area contributed by atoms with Gasteiger partial charge in [0.25, 0.3) is 0 Å². The Hall–Kier alpha value is -3.99. The van der Waals surface area contributed by atoms with Crippen LogP contribution in [0.4, 0.5) is 0 Å². The first-order valence-electron chi connectivity index (χ1n) is 14.9. The van der Waals surface area contributed by atoms with Gasteiger partial charge in [0.15, 0.2) is 0 Å². The molecule has 40 heavy (non-hydrogen) atoms. The molecule has 4 heterocycles. The minimum Gasteiger partial charge on any atom is -0.508 e. The molecule has 4 aliphatic carbocycles. The van der Waals surface area contributed by atoms with Gasteiger partial charge in [-0.1, -0.05) is 41.8 Å². The van der Waals surface area contributed by atoms with Crippen LogP contribution in [0.1, 0.15) is 37.7 Å². The minimum absolute atomic E-state index is 0.00476. The lowest BCUT2D eigenvalue weighted by Crippen LogP contribution is -2.60. The van der Waals surface area contributed by atoms with E-state index in [9.17, 15) is 5.11 Å². The average Bonchev–Trinajstić information content (AvgIpc) is 3.30. The lowest BCUT2D eigenvalue weighted by Gasteiger charge is -2.63. The summed E-state index contributed by atoms with van der Waals surface area (Å²) in [6.45, 7) is 0.259. The summed E-state index contributed by atoms with van der Waals surface area (Å²) in [7, 11) is 0. The summed E-state index contributed by atoms with van der Waals surface area (Å²) >= 11 is 0. The highest BCUT2D eigenvalue weighted by molar-refractivity contribution is 6.70. The molecule has 0 atom stereocenters. The van der Waals surface area contributed by atoms with Gasteiger partial charge in [0.1, 0.15) is 11.6 Å². The number of hydrogen-bond acceptors (Lipinski definition) is 3. The van der Waals surface area contributed by atoms with Crippen LogP contribution in [0.25, 0.3) is 27.6 Å². The molecule has 4 bridgehead atoms. The molecule has 0 saturated heterocycles. The molecule has 0 radical (unpaired) electrons. The van der Waals surface area contributed by atoms with Gasteiger partial charge in [0.05, 0.1) is 11.0 Å². The SMILES string of the molecule is Oc1ccc2c3ccccc3n(-c3cc(C4(C5=CC=CN6C=CC=CB56)C5CC6CC(C5)CC4C6)ccn3)c2c1. The zero-order valence-electron chi connectivity index (χ0n) is 22.5. The smallest absolute Gasteiger partial charge is 0.316 e. The highest BCUT2D eigenvalue weighted by Crippen LogP contribution is 2.66. The first kappa shape index (κ1) is 22.8. The van der Waals surface area contributed by atoms with Crippen molar-refractivity contribution in [3.05, 3.63) is 115 Å². The molecule has 2 aliphatic heterocycles. The van der Waals surface area contributed by atoms with Crippen molar-refractivity contribution in [2.75, 3.05) is 0 Å². The number of fused-ring (bicyclic) bond motifs is 4. The van der Waals surface area contributed by atoms with Crippen molar-refractivity contribution in [1.82, 2.24) is 14.4 Å². The predicted molar refractivity (Wildman–Crippen MR) is 162 cm³/mol. The largest absolute Gasteiger partial charge is 0.508 e. The van der Waals surface area contributed by atoms with Crippen molar-refractivity contribution >= 4 is 28.7 Å². The molecule has 4 aromatic rings. The maximum atomic E-state index is 10.5. The average molecular weight is 521 g/mol. The minimum atomic E-state index is -0.00476. The molecule has 10 rings (SSSR count). The van der Waals surface area contributed by atoms with Crippen LogP contribution in [-0.2, 0) is 5.41 Å². The van der Waals surface area contributed by atoms with Crippen LogP contribution >= 0.6 is 0 Å². The summed E-state index contributed by atoms with van der Waals surface area (Å²) in [5, 5.41) is 12.8. The van der Waals surface area contributed by atoms with Crippen molar-refractivity contribution < 1.29 is 5.11 Å². The van der Waals surface area contributed by atoms with Crippen LogP contribution in [0.3, 0.4) is 0 Å². The van der Waals surface area contributed by atoms with E-state index < -0.39 is 0 Å². The van der Waals surface area contributed by atoms with E-state index >= 15 is 0 Å². The maximum absolute atomic E-state index is 10.5. The van der Waals surface area contributed by atoms with Crippen LogP contribution in [0.15, 0.2) is 109 Å². The van der Waals surface area contributed by atoms with Crippen LogP contribution in [-0.4, -0.2) is 26.3 Å². The Morgan fingerprint density at radius 1 is 0.800 bits per heavy atom. The number of pyridine rings is 1. The number of allylic oxidation sites excluding steroid dienone is 5. The first-order valence-corrected chi connectivity index (χ1v) is 14.9. The quantitative estimate of drug-likeness (QED) is 0.284. The highest BCUT2D eigenvalue weighted by atomic mass is 16.3. The second-order valence-electron chi connectivity index (χ2n) is 12.7. The van der Waals surface area contributed by atoms with Crippen LogP contribution < -0.4 is 0 Å². The van der Waals surface area contributed by atoms with Crippen LogP contribution in [0, 0.1) is 23.7 Å². The van der Waals surface area contributed by atoms with E-state index in [1.54, 1.807) is 11.5 Å². The Labute approximate surface area is 235 Å². The molecule has 2 aromatic carbocycles. The van der Waals surface area contributed by atoms with Crippen LogP contribution in [0.2, 0.25) is 0 Å². The number of phenols is 1. The van der Waals surface area contributed by atoms with Gasteiger partial charge in [-0.15, -0.1) is 0 Å². The third-order valence-electron chi connectivity index (χ3n) is 10.8. The number of aromatic hydroxyl groups is 1. The van der Waals surface area contributed by atoms with E-state index in [1.165, 1.54) is 43.1 Å². The summed E-state index contributed by atoms with van der Waals surface area (Å²) in [6, 6.07) is 18.9. The standard InChI is InChI=1S/C35H32BN3O/c40-28-9-10-30-29-6-1-2-7-31(29)39(32(30)22-28)34-21-25(11-13-37-34)35(26-17-23-16-24(19-26)20-27(35)18-23)33-8-5-15-38-14-4-3-12-36(33)38/h1-15,21-24,26-27,40H,16-20H2. The molecule has 0 spiro atoms. The van der Waals surface area contributed by atoms with E-state index in [0.29, 0.717) is 11.8 Å². The van der Waals surface area contributed by atoms with E-state index in [4.69, 9.17) is 4.98 Å². The van der Waals surface area contributed by atoms with Gasteiger partial charge in [-0.3, -0.25) is 4.57 Å². The number of nitrogens with zero attached hydrogens (tertiary/aromatic N) is 3. The van der Waals surface area contributed by atoms with Crippen molar-refractivity contribution in [2.24, 2.45) is 23.7 Å². The van der Waals surface area contributed by atoms with Gasteiger partial charge in [-0.05, 0) is 116 Å². The molecule has 196 valence electrons. The topological polar surface area (TPSA) is 41.3 Å². The Balaban J connectivity index is 1.29. The third kappa shape index (κ3) is 3.01. The van der Waals surface area contributed by atoms with Gasteiger partial charge in [-0.2, -0.15) is 0 Å². The fourth-order valence-electron chi connectivity index (χ4n) is 9.69. The molecular formula is C35H32BN3O. The molecule has 1 N–H and O–H groups in total. The number of rotatable bonds is 3. The summed E-state index contributed by atoms with van der Waals surface area (Å²) < 4.78 is 2.25. The van der Waals surface area contributed by atoms with Crippen molar-refractivity contribution in [3.8, 4) is 11.6 Å². The fourth-order valence-corrected chi connectivity index (χ4v) is 9.69. The molecule has 4 saturated carbocycles. The molecule has 4 fully saturated rings. The molecule has 0 unspecified atom stereocenters. The van der Waals surface area contributed by atoms with Crippen molar-refractivity contribution in [3.63, 3.8) is 0 Å². The maximum Gasteiger partial charge on any atom is 0.316 e. The van der Waals surface area contributed by atoms with E-state index in [-0.39, 0.29) is 18.0 Å². The Kier molecular flexibility index (Phi) is 4.71. The number of aromatic nitrogens is 2. The van der Waals surface area contributed by atoms with Crippen molar-refractivity contribution in [2.45, 2.75) is 37.5 Å². The van der Waals surface area contributed by atoms with Gasteiger partial charge in [0.2, 0.25) is 0 Å². The fraction of sp³-hybridized carbons (Fsp3) is 0.286. The Morgan fingerprint density at radius 2 is 1.57 bits per heavy atom. The molecule has 4 nitrogen and oxygen atoms in total. The Morgan fingerprint density at radius 3 is 2.42 bits per heavy atom. The third-order valence-corrected chi connectivity index (χ3v) is 10.8. The zero-order valence-corrected chi connectivity index (χ0v) is 22.5. The van der Waals surface area contributed by atoms with Gasteiger partial charge >= 0.3 is 6.85 Å². The number of benzene rings is 2. The lowest BCUT2D eigenvalue weighted by molar-refractivity contribution is -0.0411. The van der Waals surface area contributed by atoms with Gasteiger partial charge in [-0.25, -0.2) is 4.98 Å². The van der Waals surface area contributed by atoms with Gasteiger partial charge < -0.3 is 9.92 Å². The Bertz CT molecular complexity index is 1780. The molecular weight excluding hydrogens is 489 g/mol. The van der Waals surface area contributed by atoms with E-state index in [0.717, 1.165) is 34.1 Å². The first-order chi connectivity index (χ1) is 19.7. The molecule has 6 aliphatic rings. The summed E-state index contributed by atoms with van der Waals surface area (Å²) in [6.07, 6.45) is 22.3. The number of phenolic OH excluding ortho intramolecular Hbond substituents is 1. The normalized spacial score (nSPS) is 29.9. The van der Waals surface area contributed by atoms with Gasteiger partial charge in [0, 0.05) is 28.5 Å². The summed E-state index contributed by atoms with van der Waals surface area (Å²) in [5.74, 6) is 6.68. The van der Waals surface area contributed by atoms with Crippen LogP contribution in [0.5, 0.6) is 5.75 Å². The summed E-state index contributed by atoms with van der Waals surface area (Å²) in [4.78, 5) is 7.38.